The van der Waals surface area contributed by atoms with Crippen molar-refractivity contribution < 1.29 is 9.53 Å². The van der Waals surface area contributed by atoms with Crippen molar-refractivity contribution in [2.75, 3.05) is 26.8 Å². The standard InChI is InChI=1S/C10H17N3O2/c1-8-7-12-9(3-4-11)10(14)13(8)5-6-15-2/h8-9,12H,3,5-7H2,1-2H3. The molecule has 15 heavy (non-hydrogen) atoms. The molecule has 0 aromatic carbocycles. The summed E-state index contributed by atoms with van der Waals surface area (Å²) in [7, 11) is 1.62. The molecule has 2 unspecified atom stereocenters. The van der Waals surface area contributed by atoms with E-state index >= 15 is 0 Å². The molecule has 2 atom stereocenters. The van der Waals surface area contributed by atoms with E-state index in [1.807, 2.05) is 13.0 Å². The van der Waals surface area contributed by atoms with Crippen molar-refractivity contribution in [3.63, 3.8) is 0 Å². The molecule has 1 amide bonds. The van der Waals surface area contributed by atoms with Crippen LogP contribution < -0.4 is 5.32 Å². The van der Waals surface area contributed by atoms with Gasteiger partial charge in [-0.3, -0.25) is 4.79 Å². The average molecular weight is 211 g/mol. The van der Waals surface area contributed by atoms with Crippen molar-refractivity contribution in [2.24, 2.45) is 0 Å². The van der Waals surface area contributed by atoms with Crippen LogP contribution in [0.1, 0.15) is 13.3 Å². The van der Waals surface area contributed by atoms with Gasteiger partial charge in [-0.15, -0.1) is 0 Å². The minimum Gasteiger partial charge on any atom is -0.383 e. The number of piperazine rings is 1. The molecule has 0 spiro atoms. The van der Waals surface area contributed by atoms with Gasteiger partial charge in [0.25, 0.3) is 0 Å². The first-order chi connectivity index (χ1) is 7.20. The molecule has 1 aliphatic rings. The highest BCUT2D eigenvalue weighted by Crippen LogP contribution is 2.10. The molecule has 1 saturated heterocycles. The summed E-state index contributed by atoms with van der Waals surface area (Å²) in [6.07, 6.45) is 0.231. The van der Waals surface area contributed by atoms with Crippen LogP contribution >= 0.6 is 0 Å². The monoisotopic (exact) mass is 211 g/mol. The summed E-state index contributed by atoms with van der Waals surface area (Å²) in [6, 6.07) is 1.84. The van der Waals surface area contributed by atoms with E-state index in [0.717, 1.165) is 6.54 Å². The van der Waals surface area contributed by atoms with Crippen LogP contribution in [0.5, 0.6) is 0 Å². The van der Waals surface area contributed by atoms with Crippen LogP contribution in [0.2, 0.25) is 0 Å². The first-order valence-corrected chi connectivity index (χ1v) is 5.10. The van der Waals surface area contributed by atoms with Gasteiger partial charge in [-0.1, -0.05) is 0 Å². The lowest BCUT2D eigenvalue weighted by Gasteiger charge is -2.37. The van der Waals surface area contributed by atoms with Crippen molar-refractivity contribution in [3.8, 4) is 6.07 Å². The van der Waals surface area contributed by atoms with E-state index < -0.39 is 0 Å². The molecule has 0 aliphatic carbocycles. The maximum Gasteiger partial charge on any atom is 0.241 e. The number of carbonyl (C=O) groups excluding carboxylic acids is 1. The van der Waals surface area contributed by atoms with E-state index in [0.29, 0.717) is 13.2 Å². The second-order valence-electron chi connectivity index (χ2n) is 3.70. The number of hydrogen-bond donors (Lipinski definition) is 1. The molecule has 1 N–H and O–H groups in total. The van der Waals surface area contributed by atoms with E-state index in [4.69, 9.17) is 10.00 Å². The van der Waals surface area contributed by atoms with Crippen LogP contribution in [0, 0.1) is 11.3 Å². The van der Waals surface area contributed by atoms with Crippen LogP contribution in [-0.4, -0.2) is 49.7 Å². The molecule has 5 nitrogen and oxygen atoms in total. The van der Waals surface area contributed by atoms with Gasteiger partial charge in [-0.2, -0.15) is 5.26 Å². The Balaban J connectivity index is 2.58. The molecule has 1 rings (SSSR count). The van der Waals surface area contributed by atoms with Crippen LogP contribution in [-0.2, 0) is 9.53 Å². The van der Waals surface area contributed by atoms with Crippen molar-refractivity contribution in [3.05, 3.63) is 0 Å². The zero-order valence-corrected chi connectivity index (χ0v) is 9.19. The predicted octanol–water partition coefficient (Wildman–Crippen LogP) is -0.265. The van der Waals surface area contributed by atoms with E-state index in [2.05, 4.69) is 5.32 Å². The maximum atomic E-state index is 11.9. The third-order valence-electron chi connectivity index (χ3n) is 2.60. The molecule has 1 heterocycles. The number of ether oxygens (including phenoxy) is 1. The second-order valence-corrected chi connectivity index (χ2v) is 3.70. The van der Waals surface area contributed by atoms with Gasteiger partial charge < -0.3 is 15.0 Å². The lowest BCUT2D eigenvalue weighted by Crippen LogP contribution is -2.59. The number of nitriles is 1. The summed E-state index contributed by atoms with van der Waals surface area (Å²) in [4.78, 5) is 13.7. The van der Waals surface area contributed by atoms with Crippen molar-refractivity contribution in [1.82, 2.24) is 10.2 Å². The molecule has 1 fully saturated rings. The average Bonchev–Trinajstić information content (AvgIpc) is 2.22. The first-order valence-electron chi connectivity index (χ1n) is 5.10. The van der Waals surface area contributed by atoms with Gasteiger partial charge in [0, 0.05) is 26.2 Å². The van der Waals surface area contributed by atoms with Gasteiger partial charge in [0.1, 0.15) is 6.04 Å². The number of carbonyl (C=O) groups is 1. The molecule has 1 aliphatic heterocycles. The molecule has 0 saturated carbocycles. The van der Waals surface area contributed by atoms with E-state index in [9.17, 15) is 4.79 Å². The Hall–Kier alpha value is -1.12. The first kappa shape index (κ1) is 12.0. The fourth-order valence-electron chi connectivity index (χ4n) is 1.70. The maximum absolute atomic E-state index is 11.9. The normalized spacial score (nSPS) is 26.5. The number of nitrogens with one attached hydrogen (secondary N) is 1. The van der Waals surface area contributed by atoms with Gasteiger partial charge in [0.05, 0.1) is 19.1 Å². The number of methoxy groups -OCH3 is 1. The quantitative estimate of drug-likeness (QED) is 0.695. The molecule has 0 aromatic rings. The predicted molar refractivity (Wildman–Crippen MR) is 55.1 cm³/mol. The Morgan fingerprint density at radius 2 is 2.47 bits per heavy atom. The Bertz CT molecular complexity index is 262. The smallest absolute Gasteiger partial charge is 0.241 e. The van der Waals surface area contributed by atoms with Crippen molar-refractivity contribution in [1.29, 1.82) is 5.26 Å². The Kier molecular flexibility index (Phi) is 4.53. The summed E-state index contributed by atoms with van der Waals surface area (Å²) in [6.45, 7) is 3.86. The summed E-state index contributed by atoms with van der Waals surface area (Å²) in [5.74, 6) is 0.00681. The SMILES string of the molecule is COCCN1C(=O)C(CC#N)NCC1C. The molecular formula is C10H17N3O2. The molecule has 0 bridgehead atoms. The zero-order chi connectivity index (χ0) is 11.3. The highest BCUT2D eigenvalue weighted by atomic mass is 16.5. The summed E-state index contributed by atoms with van der Waals surface area (Å²) < 4.78 is 4.96. The fraction of sp³-hybridized carbons (Fsp3) is 0.800. The molecular weight excluding hydrogens is 194 g/mol. The minimum atomic E-state index is -0.344. The van der Waals surface area contributed by atoms with Crippen LogP contribution in [0.15, 0.2) is 0 Å². The molecule has 0 radical (unpaired) electrons. The van der Waals surface area contributed by atoms with Gasteiger partial charge >= 0.3 is 0 Å². The van der Waals surface area contributed by atoms with E-state index in [-0.39, 0.29) is 24.4 Å². The van der Waals surface area contributed by atoms with Gasteiger partial charge in [-0.25, -0.2) is 0 Å². The van der Waals surface area contributed by atoms with Gasteiger partial charge in [0.2, 0.25) is 5.91 Å². The van der Waals surface area contributed by atoms with Gasteiger partial charge in [-0.05, 0) is 6.92 Å². The fourth-order valence-corrected chi connectivity index (χ4v) is 1.70. The number of rotatable bonds is 4. The van der Waals surface area contributed by atoms with Crippen molar-refractivity contribution in [2.45, 2.75) is 25.4 Å². The van der Waals surface area contributed by atoms with Crippen molar-refractivity contribution >= 4 is 5.91 Å². The molecule has 84 valence electrons. The van der Waals surface area contributed by atoms with E-state index in [1.54, 1.807) is 12.0 Å². The number of amides is 1. The number of nitrogens with zero attached hydrogens (tertiary/aromatic N) is 2. The third-order valence-corrected chi connectivity index (χ3v) is 2.60. The summed E-state index contributed by atoms with van der Waals surface area (Å²) >= 11 is 0. The molecule has 5 heteroatoms. The van der Waals surface area contributed by atoms with Gasteiger partial charge in [0.15, 0.2) is 0 Å². The van der Waals surface area contributed by atoms with E-state index in [1.165, 1.54) is 0 Å². The highest BCUT2D eigenvalue weighted by Gasteiger charge is 2.31. The topological polar surface area (TPSA) is 65.4 Å². The minimum absolute atomic E-state index is 0.00681. The Labute approximate surface area is 90.0 Å². The van der Waals surface area contributed by atoms with Crippen LogP contribution in [0.3, 0.4) is 0 Å². The Morgan fingerprint density at radius 1 is 1.73 bits per heavy atom. The Morgan fingerprint density at radius 3 is 3.07 bits per heavy atom. The largest absolute Gasteiger partial charge is 0.383 e. The lowest BCUT2D eigenvalue weighted by molar-refractivity contribution is -0.138. The summed E-state index contributed by atoms with van der Waals surface area (Å²) in [5.41, 5.74) is 0. The molecule has 0 aromatic heterocycles. The lowest BCUT2D eigenvalue weighted by atomic mass is 10.1. The van der Waals surface area contributed by atoms with Crippen LogP contribution in [0.4, 0.5) is 0 Å². The highest BCUT2D eigenvalue weighted by molar-refractivity contribution is 5.83. The summed E-state index contributed by atoms with van der Waals surface area (Å²) in [5, 5.41) is 11.7. The number of hydrogen-bond acceptors (Lipinski definition) is 4. The second kappa shape index (κ2) is 5.69. The van der Waals surface area contributed by atoms with Crippen LogP contribution in [0.25, 0.3) is 0 Å². The third kappa shape index (κ3) is 2.91. The zero-order valence-electron chi connectivity index (χ0n) is 9.19.